The van der Waals surface area contributed by atoms with Gasteiger partial charge in [-0.25, -0.2) is 0 Å². The van der Waals surface area contributed by atoms with Gasteiger partial charge in [0, 0.05) is 24.3 Å². The van der Waals surface area contributed by atoms with Crippen LogP contribution in [-0.4, -0.2) is 23.7 Å². The standard InChI is InChI=1S/C17H22N2O2/c1-12-7-8-17(21-3)14(10-12)16(20)11-19-13(2)15-6-4-5-9-18-15/h4-10,13,16,19-20H,11H2,1-3H3/t13-,16?/m0/s1. The molecule has 2 atom stereocenters. The highest BCUT2D eigenvalue weighted by molar-refractivity contribution is 5.38. The van der Waals surface area contributed by atoms with E-state index < -0.39 is 6.10 Å². The molecule has 0 aliphatic rings. The summed E-state index contributed by atoms with van der Waals surface area (Å²) >= 11 is 0. The van der Waals surface area contributed by atoms with Gasteiger partial charge in [-0.05, 0) is 38.1 Å². The van der Waals surface area contributed by atoms with Gasteiger partial charge in [-0.15, -0.1) is 0 Å². The first-order valence-electron chi connectivity index (χ1n) is 7.08. The lowest BCUT2D eigenvalue weighted by atomic mass is 10.0. The summed E-state index contributed by atoms with van der Waals surface area (Å²) in [6.45, 7) is 4.47. The lowest BCUT2D eigenvalue weighted by Gasteiger charge is -2.19. The van der Waals surface area contributed by atoms with Crippen molar-refractivity contribution in [2.45, 2.75) is 26.0 Å². The molecular formula is C17H22N2O2. The van der Waals surface area contributed by atoms with Crippen LogP contribution in [0.2, 0.25) is 0 Å². The van der Waals surface area contributed by atoms with E-state index in [1.54, 1.807) is 13.3 Å². The van der Waals surface area contributed by atoms with Crippen LogP contribution in [0.15, 0.2) is 42.6 Å². The molecule has 0 fully saturated rings. The summed E-state index contributed by atoms with van der Waals surface area (Å²) in [5, 5.41) is 13.7. The smallest absolute Gasteiger partial charge is 0.124 e. The molecule has 2 rings (SSSR count). The zero-order valence-corrected chi connectivity index (χ0v) is 12.7. The fraction of sp³-hybridized carbons (Fsp3) is 0.353. The molecule has 0 saturated carbocycles. The number of hydrogen-bond donors (Lipinski definition) is 2. The predicted octanol–water partition coefficient (Wildman–Crippen LogP) is 2.78. The van der Waals surface area contributed by atoms with Gasteiger partial charge >= 0.3 is 0 Å². The van der Waals surface area contributed by atoms with E-state index in [9.17, 15) is 5.11 Å². The molecule has 0 aliphatic heterocycles. The molecule has 21 heavy (non-hydrogen) atoms. The number of benzene rings is 1. The molecule has 0 saturated heterocycles. The van der Waals surface area contributed by atoms with Crippen LogP contribution in [0, 0.1) is 6.92 Å². The van der Waals surface area contributed by atoms with Gasteiger partial charge in [-0.3, -0.25) is 4.98 Å². The SMILES string of the molecule is COc1ccc(C)cc1C(O)CN[C@@H](C)c1ccccn1. The molecule has 0 spiro atoms. The number of ether oxygens (including phenoxy) is 1. The van der Waals surface area contributed by atoms with E-state index in [1.165, 1.54) is 0 Å². The quantitative estimate of drug-likeness (QED) is 0.857. The van der Waals surface area contributed by atoms with Crippen LogP contribution >= 0.6 is 0 Å². The van der Waals surface area contributed by atoms with Crippen LogP contribution in [0.4, 0.5) is 0 Å². The Hall–Kier alpha value is -1.91. The number of nitrogens with zero attached hydrogens (tertiary/aromatic N) is 1. The molecule has 2 N–H and O–H groups in total. The Balaban J connectivity index is 2.02. The fourth-order valence-corrected chi connectivity index (χ4v) is 2.25. The molecule has 2 aromatic rings. The summed E-state index contributed by atoms with van der Waals surface area (Å²) in [5.41, 5.74) is 2.86. The van der Waals surface area contributed by atoms with Crippen molar-refractivity contribution < 1.29 is 9.84 Å². The van der Waals surface area contributed by atoms with E-state index in [0.29, 0.717) is 12.3 Å². The van der Waals surface area contributed by atoms with Gasteiger partial charge in [-0.1, -0.05) is 17.7 Å². The number of methoxy groups -OCH3 is 1. The third-order valence-corrected chi connectivity index (χ3v) is 3.49. The summed E-state index contributed by atoms with van der Waals surface area (Å²) in [4.78, 5) is 4.31. The molecule has 1 heterocycles. The Labute approximate surface area is 125 Å². The highest BCUT2D eigenvalue weighted by Crippen LogP contribution is 2.26. The van der Waals surface area contributed by atoms with E-state index in [-0.39, 0.29) is 6.04 Å². The number of aromatic nitrogens is 1. The molecule has 1 aromatic heterocycles. The molecule has 1 aromatic carbocycles. The number of pyridine rings is 1. The Morgan fingerprint density at radius 2 is 2.10 bits per heavy atom. The van der Waals surface area contributed by atoms with Gasteiger partial charge in [0.05, 0.1) is 18.9 Å². The lowest BCUT2D eigenvalue weighted by Crippen LogP contribution is -2.25. The van der Waals surface area contributed by atoms with E-state index in [4.69, 9.17) is 4.74 Å². The summed E-state index contributed by atoms with van der Waals surface area (Å²) in [6.07, 6.45) is 1.15. The highest BCUT2D eigenvalue weighted by atomic mass is 16.5. The Morgan fingerprint density at radius 1 is 1.29 bits per heavy atom. The van der Waals surface area contributed by atoms with Crippen LogP contribution < -0.4 is 10.1 Å². The summed E-state index contributed by atoms with van der Waals surface area (Å²) in [5.74, 6) is 0.709. The summed E-state index contributed by atoms with van der Waals surface area (Å²) in [7, 11) is 1.62. The second kappa shape index (κ2) is 7.20. The maximum atomic E-state index is 10.4. The van der Waals surface area contributed by atoms with Gasteiger partial charge < -0.3 is 15.2 Å². The van der Waals surface area contributed by atoms with Crippen molar-refractivity contribution in [3.05, 3.63) is 59.4 Å². The minimum Gasteiger partial charge on any atom is -0.496 e. The molecule has 0 amide bonds. The Morgan fingerprint density at radius 3 is 2.76 bits per heavy atom. The van der Waals surface area contributed by atoms with E-state index >= 15 is 0 Å². The van der Waals surface area contributed by atoms with E-state index in [0.717, 1.165) is 16.8 Å². The number of aliphatic hydroxyl groups excluding tert-OH is 1. The molecule has 0 bridgehead atoms. The number of hydrogen-bond acceptors (Lipinski definition) is 4. The molecule has 4 heteroatoms. The van der Waals surface area contributed by atoms with Gasteiger partial charge in [0.2, 0.25) is 0 Å². The average molecular weight is 286 g/mol. The number of rotatable bonds is 6. The third-order valence-electron chi connectivity index (χ3n) is 3.49. The van der Waals surface area contributed by atoms with Crippen LogP contribution in [0.3, 0.4) is 0 Å². The minimum atomic E-state index is -0.619. The Bertz CT molecular complexity index is 572. The summed E-state index contributed by atoms with van der Waals surface area (Å²) < 4.78 is 5.31. The number of aliphatic hydroxyl groups is 1. The normalized spacial score (nSPS) is 13.7. The van der Waals surface area contributed by atoms with Crippen molar-refractivity contribution in [2.24, 2.45) is 0 Å². The van der Waals surface area contributed by atoms with Gasteiger partial charge in [0.25, 0.3) is 0 Å². The molecule has 4 nitrogen and oxygen atoms in total. The first-order chi connectivity index (χ1) is 10.1. The van der Waals surface area contributed by atoms with E-state index in [1.807, 2.05) is 50.2 Å². The minimum absolute atomic E-state index is 0.0802. The molecule has 1 unspecified atom stereocenters. The van der Waals surface area contributed by atoms with Crippen molar-refractivity contribution in [2.75, 3.05) is 13.7 Å². The first kappa shape index (κ1) is 15.5. The molecule has 0 radical (unpaired) electrons. The van der Waals surface area contributed by atoms with Crippen molar-refractivity contribution >= 4 is 0 Å². The maximum absolute atomic E-state index is 10.4. The third kappa shape index (κ3) is 4.03. The van der Waals surface area contributed by atoms with Crippen LogP contribution in [0.5, 0.6) is 5.75 Å². The predicted molar refractivity (Wildman–Crippen MR) is 83.3 cm³/mol. The first-order valence-corrected chi connectivity index (χ1v) is 7.08. The second-order valence-corrected chi connectivity index (χ2v) is 5.15. The van der Waals surface area contributed by atoms with Crippen molar-refractivity contribution in [1.82, 2.24) is 10.3 Å². The topological polar surface area (TPSA) is 54.4 Å². The monoisotopic (exact) mass is 286 g/mol. The van der Waals surface area contributed by atoms with Gasteiger partial charge in [0.1, 0.15) is 5.75 Å². The second-order valence-electron chi connectivity index (χ2n) is 5.15. The molecule has 0 aliphatic carbocycles. The lowest BCUT2D eigenvalue weighted by molar-refractivity contribution is 0.166. The van der Waals surface area contributed by atoms with Crippen LogP contribution in [-0.2, 0) is 0 Å². The summed E-state index contributed by atoms with van der Waals surface area (Å²) in [6, 6.07) is 11.7. The fourth-order valence-electron chi connectivity index (χ4n) is 2.25. The zero-order valence-electron chi connectivity index (χ0n) is 12.7. The van der Waals surface area contributed by atoms with Gasteiger partial charge in [0.15, 0.2) is 0 Å². The van der Waals surface area contributed by atoms with Crippen molar-refractivity contribution in [3.8, 4) is 5.75 Å². The zero-order chi connectivity index (χ0) is 15.2. The van der Waals surface area contributed by atoms with Crippen LogP contribution in [0.25, 0.3) is 0 Å². The van der Waals surface area contributed by atoms with E-state index in [2.05, 4.69) is 10.3 Å². The maximum Gasteiger partial charge on any atom is 0.124 e. The molecular weight excluding hydrogens is 264 g/mol. The largest absolute Gasteiger partial charge is 0.496 e. The number of aryl methyl sites for hydroxylation is 1. The van der Waals surface area contributed by atoms with Gasteiger partial charge in [-0.2, -0.15) is 0 Å². The molecule has 112 valence electrons. The Kier molecular flexibility index (Phi) is 5.31. The highest BCUT2D eigenvalue weighted by Gasteiger charge is 2.15. The van der Waals surface area contributed by atoms with Crippen molar-refractivity contribution in [3.63, 3.8) is 0 Å². The average Bonchev–Trinajstić information content (AvgIpc) is 2.53. The van der Waals surface area contributed by atoms with Crippen molar-refractivity contribution in [1.29, 1.82) is 0 Å². The van der Waals surface area contributed by atoms with Crippen LogP contribution in [0.1, 0.15) is 35.9 Å². The number of nitrogens with one attached hydrogen (secondary N) is 1.